The maximum absolute atomic E-state index is 9.56. The summed E-state index contributed by atoms with van der Waals surface area (Å²) in [5, 5.41) is 8.79. The van der Waals surface area contributed by atoms with Gasteiger partial charge in [0.15, 0.2) is 0 Å². The Hall–Kier alpha value is -1.95. The third-order valence-electron chi connectivity index (χ3n) is 5.26. The highest BCUT2D eigenvalue weighted by Gasteiger charge is 2.24. The van der Waals surface area contributed by atoms with Gasteiger partial charge in [-0.25, -0.2) is 4.99 Å². The molecule has 0 amide bonds. The van der Waals surface area contributed by atoms with Crippen molar-refractivity contribution < 1.29 is 22.8 Å². The first-order valence-corrected chi connectivity index (χ1v) is 13.4. The standard InChI is InChI=1S/C21H25N3O2S.C2H6O3S/c25-14-16-26-15-13-23-9-11-24(12-10-23)21-17-5-1-3-7-19(17)27-20-8-4-2-6-18(20)22-21;1-2-6(3,4)5/h1-8,25H,9-16H2;2H2,1H3,(H,3,4,5). The highest BCUT2D eigenvalue weighted by atomic mass is 32.2. The van der Waals surface area contributed by atoms with Crippen LogP contribution < -0.4 is 0 Å². The van der Waals surface area contributed by atoms with Crippen LogP contribution in [-0.2, 0) is 14.9 Å². The molecule has 0 atom stereocenters. The van der Waals surface area contributed by atoms with E-state index in [1.807, 2.05) is 0 Å². The lowest BCUT2D eigenvalue weighted by Crippen LogP contribution is -2.49. The van der Waals surface area contributed by atoms with E-state index in [1.54, 1.807) is 11.8 Å². The fourth-order valence-electron chi connectivity index (χ4n) is 3.45. The van der Waals surface area contributed by atoms with E-state index in [2.05, 4.69) is 58.3 Å². The van der Waals surface area contributed by atoms with Gasteiger partial charge in [0.05, 0.1) is 31.3 Å². The van der Waals surface area contributed by atoms with Crippen LogP contribution in [-0.4, -0.2) is 92.0 Å². The van der Waals surface area contributed by atoms with Gasteiger partial charge in [0.1, 0.15) is 5.84 Å². The minimum atomic E-state index is -3.66. The molecule has 2 heterocycles. The number of aliphatic imine (C=N–C) groups is 1. The zero-order valence-corrected chi connectivity index (χ0v) is 20.4. The molecule has 2 aromatic rings. The predicted molar refractivity (Wildman–Crippen MR) is 131 cm³/mol. The lowest BCUT2D eigenvalue weighted by Gasteiger charge is -2.36. The molecule has 1 saturated heterocycles. The van der Waals surface area contributed by atoms with Crippen molar-refractivity contribution in [3.05, 3.63) is 54.1 Å². The number of piperazine rings is 1. The number of aliphatic hydroxyl groups excluding tert-OH is 1. The summed E-state index contributed by atoms with van der Waals surface area (Å²) in [5.74, 6) is 0.881. The van der Waals surface area contributed by atoms with E-state index in [9.17, 15) is 8.42 Å². The van der Waals surface area contributed by atoms with Crippen LogP contribution in [0.1, 0.15) is 12.5 Å². The van der Waals surface area contributed by atoms with Crippen LogP contribution >= 0.6 is 11.8 Å². The van der Waals surface area contributed by atoms with Gasteiger partial charge in [0.2, 0.25) is 0 Å². The van der Waals surface area contributed by atoms with Crippen molar-refractivity contribution in [1.29, 1.82) is 0 Å². The Kier molecular flexibility index (Phi) is 9.72. The first kappa shape index (κ1) is 25.7. The van der Waals surface area contributed by atoms with E-state index in [-0.39, 0.29) is 12.4 Å². The van der Waals surface area contributed by atoms with E-state index in [0.717, 1.165) is 44.2 Å². The molecular formula is C23H31N3O5S2. The van der Waals surface area contributed by atoms with Gasteiger partial charge in [-0.1, -0.05) is 42.1 Å². The topological polar surface area (TPSA) is 103 Å². The molecule has 8 nitrogen and oxygen atoms in total. The van der Waals surface area contributed by atoms with Crippen molar-refractivity contribution in [1.82, 2.24) is 9.80 Å². The third kappa shape index (κ3) is 7.80. The monoisotopic (exact) mass is 493 g/mol. The second-order valence-electron chi connectivity index (χ2n) is 7.54. The maximum atomic E-state index is 9.56. The first-order chi connectivity index (χ1) is 15.9. The number of amidine groups is 1. The van der Waals surface area contributed by atoms with Crippen molar-refractivity contribution in [3.8, 4) is 0 Å². The molecule has 2 N–H and O–H groups in total. The van der Waals surface area contributed by atoms with E-state index < -0.39 is 10.1 Å². The fraction of sp³-hybridized carbons (Fsp3) is 0.435. The van der Waals surface area contributed by atoms with Gasteiger partial charge in [-0.05, 0) is 25.1 Å². The highest BCUT2D eigenvalue weighted by Crippen LogP contribution is 2.40. The zero-order valence-electron chi connectivity index (χ0n) is 18.8. The Bertz CT molecular complexity index is 1040. The summed E-state index contributed by atoms with van der Waals surface area (Å²) in [5.41, 5.74) is 2.27. The summed E-state index contributed by atoms with van der Waals surface area (Å²) in [6, 6.07) is 16.9. The molecule has 4 rings (SSSR count). The van der Waals surface area contributed by atoms with E-state index in [1.165, 1.54) is 22.3 Å². The molecule has 0 spiro atoms. The minimum absolute atomic E-state index is 0.0898. The summed E-state index contributed by atoms with van der Waals surface area (Å²) in [7, 11) is -3.66. The van der Waals surface area contributed by atoms with Crippen molar-refractivity contribution in [2.24, 2.45) is 4.99 Å². The average molecular weight is 494 g/mol. The average Bonchev–Trinajstić information content (AvgIpc) is 2.99. The molecule has 0 aromatic heterocycles. The normalized spacial score (nSPS) is 16.1. The molecule has 33 heavy (non-hydrogen) atoms. The summed E-state index contributed by atoms with van der Waals surface area (Å²) >= 11 is 1.80. The molecule has 0 radical (unpaired) electrons. The van der Waals surface area contributed by atoms with Gasteiger partial charge in [-0.15, -0.1) is 0 Å². The van der Waals surface area contributed by atoms with Crippen LogP contribution in [0.2, 0.25) is 0 Å². The Morgan fingerprint density at radius 3 is 2.30 bits per heavy atom. The lowest BCUT2D eigenvalue weighted by molar-refractivity contribution is 0.0652. The smallest absolute Gasteiger partial charge is 0.264 e. The summed E-state index contributed by atoms with van der Waals surface area (Å²) in [4.78, 5) is 12.4. The number of aliphatic hydroxyl groups is 1. The Balaban J connectivity index is 0.000000454. The van der Waals surface area contributed by atoms with Gasteiger partial charge in [-0.3, -0.25) is 9.45 Å². The Labute approximate surface area is 200 Å². The van der Waals surface area contributed by atoms with Crippen LogP contribution in [0.3, 0.4) is 0 Å². The van der Waals surface area contributed by atoms with Crippen molar-refractivity contribution in [2.45, 2.75) is 16.7 Å². The van der Waals surface area contributed by atoms with Gasteiger partial charge >= 0.3 is 0 Å². The lowest BCUT2D eigenvalue weighted by atomic mass is 10.1. The first-order valence-electron chi connectivity index (χ1n) is 11.0. The number of para-hydroxylation sites is 1. The Morgan fingerprint density at radius 2 is 1.64 bits per heavy atom. The SMILES string of the molecule is CCS(=O)(=O)O.OCCOCCN1CCN(C2=Nc3ccccc3Sc3ccccc32)CC1. The third-order valence-corrected chi connectivity index (χ3v) is 7.13. The van der Waals surface area contributed by atoms with Gasteiger partial charge < -0.3 is 14.7 Å². The highest BCUT2D eigenvalue weighted by molar-refractivity contribution is 7.99. The molecule has 180 valence electrons. The zero-order chi connectivity index (χ0) is 23.7. The number of hydrogen-bond donors (Lipinski definition) is 2. The summed E-state index contributed by atoms with van der Waals surface area (Å²) in [6.07, 6.45) is 0. The summed E-state index contributed by atoms with van der Waals surface area (Å²) in [6.45, 7) is 7.38. The van der Waals surface area contributed by atoms with E-state index in [0.29, 0.717) is 13.2 Å². The quantitative estimate of drug-likeness (QED) is 0.468. The van der Waals surface area contributed by atoms with Crippen LogP contribution in [0.5, 0.6) is 0 Å². The molecular weight excluding hydrogens is 462 g/mol. The van der Waals surface area contributed by atoms with Crippen molar-refractivity contribution in [3.63, 3.8) is 0 Å². The summed E-state index contributed by atoms with van der Waals surface area (Å²) < 4.78 is 32.3. The largest absolute Gasteiger partial charge is 0.394 e. The Morgan fingerprint density at radius 1 is 1.00 bits per heavy atom. The molecule has 2 aromatic carbocycles. The fourth-order valence-corrected chi connectivity index (χ4v) is 4.47. The van der Waals surface area contributed by atoms with Crippen LogP contribution in [0, 0.1) is 0 Å². The molecule has 0 aliphatic carbocycles. The van der Waals surface area contributed by atoms with E-state index >= 15 is 0 Å². The number of ether oxygens (including phenoxy) is 1. The number of benzene rings is 2. The second kappa shape index (κ2) is 12.5. The predicted octanol–water partition coefficient (Wildman–Crippen LogP) is 2.75. The van der Waals surface area contributed by atoms with Crippen LogP contribution in [0.15, 0.2) is 63.3 Å². The number of nitrogens with zero attached hydrogens (tertiary/aromatic N) is 3. The molecule has 10 heteroatoms. The molecule has 0 unspecified atom stereocenters. The van der Waals surface area contributed by atoms with Gasteiger partial charge in [0, 0.05) is 48.1 Å². The number of hydrogen-bond acceptors (Lipinski definition) is 8. The van der Waals surface area contributed by atoms with Crippen LogP contribution in [0.4, 0.5) is 5.69 Å². The molecule has 0 bridgehead atoms. The van der Waals surface area contributed by atoms with Gasteiger partial charge in [-0.2, -0.15) is 8.42 Å². The van der Waals surface area contributed by atoms with Crippen LogP contribution in [0.25, 0.3) is 0 Å². The van der Waals surface area contributed by atoms with Gasteiger partial charge in [0.25, 0.3) is 10.1 Å². The van der Waals surface area contributed by atoms with Crippen molar-refractivity contribution in [2.75, 3.05) is 58.3 Å². The maximum Gasteiger partial charge on any atom is 0.264 e. The van der Waals surface area contributed by atoms with Crippen molar-refractivity contribution >= 4 is 33.4 Å². The molecule has 0 saturated carbocycles. The molecule has 2 aliphatic heterocycles. The van der Waals surface area contributed by atoms with E-state index in [4.69, 9.17) is 19.4 Å². The molecule has 2 aliphatic rings. The minimum Gasteiger partial charge on any atom is -0.394 e. The number of rotatable bonds is 6. The second-order valence-corrected chi connectivity index (χ2v) is 10.4. The molecule has 1 fully saturated rings. The number of fused-ring (bicyclic) bond motifs is 2.